The van der Waals surface area contributed by atoms with Crippen LogP contribution in [-0.4, -0.2) is 16.8 Å². The molecule has 2 aliphatic rings. The van der Waals surface area contributed by atoms with Crippen molar-refractivity contribution in [3.63, 3.8) is 0 Å². The molecule has 0 saturated heterocycles. The number of fused-ring (bicyclic) bond motifs is 8. The molecule has 0 spiro atoms. The van der Waals surface area contributed by atoms with Crippen LogP contribution in [0.5, 0.6) is 0 Å². The summed E-state index contributed by atoms with van der Waals surface area (Å²) in [4.78, 5) is 5.32. The van der Waals surface area contributed by atoms with Gasteiger partial charge in [-0.1, -0.05) is 158 Å². The van der Waals surface area contributed by atoms with E-state index in [0.29, 0.717) is 0 Å². The highest BCUT2D eigenvalue weighted by Crippen LogP contribution is 2.50. The van der Waals surface area contributed by atoms with Crippen molar-refractivity contribution in [2.45, 2.75) is 157 Å². The minimum Gasteiger partial charge on any atom is -0.337 e. The van der Waals surface area contributed by atoms with E-state index in [0.717, 1.165) is 0 Å². The highest BCUT2D eigenvalue weighted by Gasteiger charge is 2.47. The summed E-state index contributed by atoms with van der Waals surface area (Å²) in [5, 5.41) is 2.57. The van der Waals surface area contributed by atoms with Crippen LogP contribution in [0.15, 0.2) is 109 Å². The van der Waals surface area contributed by atoms with Crippen LogP contribution in [0.3, 0.4) is 0 Å². The minimum atomic E-state index is -0.183. The molecule has 3 nitrogen and oxygen atoms in total. The molecule has 6 aromatic carbocycles. The number of benzene rings is 6. The van der Waals surface area contributed by atoms with Crippen LogP contribution in [0.4, 0.5) is 28.4 Å². The van der Waals surface area contributed by atoms with Gasteiger partial charge in [-0.3, -0.25) is 0 Å². The van der Waals surface area contributed by atoms with Crippen molar-refractivity contribution in [1.82, 2.24) is 4.57 Å². The van der Waals surface area contributed by atoms with Gasteiger partial charge in [-0.15, -0.1) is 0 Å². The van der Waals surface area contributed by atoms with Crippen molar-refractivity contribution >= 4 is 73.3 Å². The fourth-order valence-corrected chi connectivity index (χ4v) is 10.4. The van der Waals surface area contributed by atoms with Gasteiger partial charge in [0.1, 0.15) is 0 Å². The second-order valence-electron chi connectivity index (χ2n) is 25.3. The standard InChI is InChI=1S/C60H72BN3/c1-55(2,3)37-23-26-42(27-24-37)63-50-35-41(59(13,14)15)36-51-53(50)61(46-34-38(56(4,5)6)25-29-48(46)64(51)60(16,17)18)45-28-30-49-52(54(45)63)44-21-19-20-22-47(44)62(49)43-32-39(57(7,8)9)31-40(33-43)58(10,11)12/h19-36H,1-18H3. The first kappa shape index (κ1) is 44.0. The highest BCUT2D eigenvalue weighted by atomic mass is 15.2. The Morgan fingerprint density at radius 2 is 0.922 bits per heavy atom. The van der Waals surface area contributed by atoms with Gasteiger partial charge in [0, 0.05) is 44.7 Å². The van der Waals surface area contributed by atoms with Crippen LogP contribution in [0.25, 0.3) is 27.5 Å². The molecular formula is C60H72BN3. The van der Waals surface area contributed by atoms with Gasteiger partial charge in [0.05, 0.1) is 16.7 Å². The maximum Gasteiger partial charge on any atom is 0.252 e. The molecule has 0 N–H and O–H groups in total. The SMILES string of the molecule is CC(C)(C)c1ccc(N2c3cc(C(C)(C)C)cc4c3B(c3cc(C(C)(C)C)ccc3N4C(C)(C)C)c3ccc4c(c32)c2ccccc2n4-c2cc(C(C)(C)C)cc(C(C)(C)C)c2)cc1. The average Bonchev–Trinajstić information content (AvgIpc) is 3.52. The monoisotopic (exact) mass is 846 g/mol. The summed E-state index contributed by atoms with van der Waals surface area (Å²) in [5.41, 5.74) is 20.6. The largest absolute Gasteiger partial charge is 0.337 e. The van der Waals surface area contributed by atoms with E-state index in [1.54, 1.807) is 0 Å². The van der Waals surface area contributed by atoms with Crippen LogP contribution >= 0.6 is 0 Å². The molecule has 0 atom stereocenters. The van der Waals surface area contributed by atoms with Gasteiger partial charge in [0.25, 0.3) is 6.71 Å². The van der Waals surface area contributed by atoms with Gasteiger partial charge in [0.15, 0.2) is 0 Å². The third-order valence-electron chi connectivity index (χ3n) is 14.2. The first-order valence-electron chi connectivity index (χ1n) is 23.8. The molecule has 2 aliphatic heterocycles. The van der Waals surface area contributed by atoms with E-state index in [1.807, 2.05) is 0 Å². The second kappa shape index (κ2) is 14.1. The van der Waals surface area contributed by atoms with Crippen molar-refractivity contribution in [2.24, 2.45) is 0 Å². The van der Waals surface area contributed by atoms with Crippen LogP contribution in [0, 0.1) is 0 Å². The Bertz CT molecular complexity index is 2960. The molecule has 64 heavy (non-hydrogen) atoms. The fraction of sp³-hybridized carbons (Fsp3) is 0.400. The lowest BCUT2D eigenvalue weighted by molar-refractivity contribution is 0.557. The maximum atomic E-state index is 2.66. The van der Waals surface area contributed by atoms with E-state index in [4.69, 9.17) is 0 Å². The van der Waals surface area contributed by atoms with E-state index in [9.17, 15) is 0 Å². The Kier molecular flexibility index (Phi) is 9.72. The summed E-state index contributed by atoms with van der Waals surface area (Å²) < 4.78 is 2.57. The summed E-state index contributed by atoms with van der Waals surface area (Å²) in [6.07, 6.45) is 0. The molecule has 7 aromatic rings. The van der Waals surface area contributed by atoms with Crippen LogP contribution in [-0.2, 0) is 27.1 Å². The summed E-state index contributed by atoms with van der Waals surface area (Å²) in [6.45, 7) is 42.3. The lowest BCUT2D eigenvalue weighted by Gasteiger charge is -2.49. The van der Waals surface area contributed by atoms with Gasteiger partial charge >= 0.3 is 0 Å². The van der Waals surface area contributed by atoms with Crippen molar-refractivity contribution in [3.05, 3.63) is 137 Å². The van der Waals surface area contributed by atoms with Crippen molar-refractivity contribution in [2.75, 3.05) is 9.80 Å². The molecule has 0 fully saturated rings. The molecule has 0 saturated carbocycles. The average molecular weight is 846 g/mol. The Balaban J connectivity index is 1.48. The van der Waals surface area contributed by atoms with Gasteiger partial charge in [-0.25, -0.2) is 0 Å². The summed E-state index contributed by atoms with van der Waals surface area (Å²) in [6, 6.07) is 43.4. The van der Waals surface area contributed by atoms with Gasteiger partial charge in [-0.05, 0) is 147 Å². The predicted octanol–water partition coefficient (Wildman–Crippen LogP) is 14.8. The molecule has 3 heterocycles. The van der Waals surface area contributed by atoms with Crippen molar-refractivity contribution < 1.29 is 0 Å². The third kappa shape index (κ3) is 7.10. The van der Waals surface area contributed by atoms with Gasteiger partial charge in [-0.2, -0.15) is 0 Å². The minimum absolute atomic E-state index is 0.00992. The van der Waals surface area contributed by atoms with Crippen LogP contribution < -0.4 is 26.2 Å². The molecule has 0 bridgehead atoms. The molecule has 4 heteroatoms. The molecule has 0 unspecified atom stereocenters. The Morgan fingerprint density at radius 3 is 1.48 bits per heavy atom. The highest BCUT2D eigenvalue weighted by molar-refractivity contribution is 7.00. The van der Waals surface area contributed by atoms with Crippen LogP contribution in [0.1, 0.15) is 152 Å². The molecule has 330 valence electrons. The van der Waals surface area contributed by atoms with E-state index in [2.05, 4.69) is 248 Å². The lowest BCUT2D eigenvalue weighted by Crippen LogP contribution is -2.64. The number of anilines is 5. The zero-order valence-electron chi connectivity index (χ0n) is 42.3. The molecule has 0 radical (unpaired) electrons. The zero-order chi connectivity index (χ0) is 46.4. The number of para-hydroxylation sites is 1. The smallest absolute Gasteiger partial charge is 0.252 e. The lowest BCUT2D eigenvalue weighted by atomic mass is 9.33. The van der Waals surface area contributed by atoms with Crippen molar-refractivity contribution in [1.29, 1.82) is 0 Å². The first-order chi connectivity index (χ1) is 29.5. The summed E-state index contributed by atoms with van der Waals surface area (Å²) in [7, 11) is 0. The quantitative estimate of drug-likeness (QED) is 0.161. The van der Waals surface area contributed by atoms with E-state index < -0.39 is 0 Å². The molecule has 1 aromatic heterocycles. The zero-order valence-corrected chi connectivity index (χ0v) is 42.3. The number of hydrogen-bond donors (Lipinski definition) is 0. The topological polar surface area (TPSA) is 11.4 Å². The number of nitrogens with zero attached hydrogens (tertiary/aromatic N) is 3. The first-order valence-corrected chi connectivity index (χ1v) is 23.8. The van der Waals surface area contributed by atoms with Crippen LogP contribution in [0.2, 0.25) is 0 Å². The summed E-state index contributed by atoms with van der Waals surface area (Å²) in [5.74, 6) is 0. The normalized spacial score (nSPS) is 14.6. The van der Waals surface area contributed by atoms with Gasteiger partial charge < -0.3 is 14.4 Å². The Morgan fingerprint density at radius 1 is 0.391 bits per heavy atom. The maximum absolute atomic E-state index is 2.66. The van der Waals surface area contributed by atoms with Crippen molar-refractivity contribution in [3.8, 4) is 5.69 Å². The van der Waals surface area contributed by atoms with Gasteiger partial charge in [0.2, 0.25) is 0 Å². The molecule has 0 aliphatic carbocycles. The van der Waals surface area contributed by atoms with E-state index >= 15 is 0 Å². The third-order valence-corrected chi connectivity index (χ3v) is 14.2. The number of aromatic nitrogens is 1. The molecule has 9 rings (SSSR count). The number of rotatable bonds is 2. The number of hydrogen-bond acceptors (Lipinski definition) is 2. The second-order valence-corrected chi connectivity index (χ2v) is 25.3. The predicted molar refractivity (Wildman–Crippen MR) is 282 cm³/mol. The van der Waals surface area contributed by atoms with E-state index in [1.165, 1.54) is 100 Å². The molecule has 0 amide bonds. The Hall–Kier alpha value is -5.22. The van der Waals surface area contributed by atoms with E-state index in [-0.39, 0.29) is 39.3 Å². The fourth-order valence-electron chi connectivity index (χ4n) is 10.4. The Labute approximate surface area is 386 Å². The molecular weight excluding hydrogens is 773 g/mol. The summed E-state index contributed by atoms with van der Waals surface area (Å²) >= 11 is 0.